The molecule has 7 nitrogen and oxygen atoms in total. The number of imidazole rings is 1. The van der Waals surface area contributed by atoms with E-state index < -0.39 is 5.97 Å². The van der Waals surface area contributed by atoms with Crippen LogP contribution in [0.25, 0.3) is 0 Å². The Balaban J connectivity index is 1.53. The van der Waals surface area contributed by atoms with Crippen molar-refractivity contribution in [2.24, 2.45) is 0 Å². The van der Waals surface area contributed by atoms with Gasteiger partial charge in [-0.1, -0.05) is 35.3 Å². The molecule has 4 rings (SSSR count). The zero-order chi connectivity index (χ0) is 24.1. The minimum Gasteiger partial charge on any atom is -0.460 e. The molecule has 1 aliphatic rings. The number of benzene rings is 2. The largest absolute Gasteiger partial charge is 0.460 e. The maximum absolute atomic E-state index is 12.2. The average Bonchev–Trinajstić information content (AvgIpc) is 3.32. The Morgan fingerprint density at radius 2 is 1.97 bits per heavy atom. The second-order valence-corrected chi connectivity index (χ2v) is 8.85. The quantitative estimate of drug-likeness (QED) is 0.436. The average molecular weight is 498 g/mol. The van der Waals surface area contributed by atoms with Gasteiger partial charge in [-0.05, 0) is 42.8 Å². The van der Waals surface area contributed by atoms with E-state index in [2.05, 4.69) is 20.9 Å². The summed E-state index contributed by atoms with van der Waals surface area (Å²) < 4.78 is 6.94. The van der Waals surface area contributed by atoms with Crippen LogP contribution in [0.3, 0.4) is 0 Å². The van der Waals surface area contributed by atoms with Gasteiger partial charge in [0.2, 0.25) is 5.82 Å². The van der Waals surface area contributed by atoms with Crippen molar-refractivity contribution in [1.82, 2.24) is 14.5 Å². The van der Waals surface area contributed by atoms with Gasteiger partial charge in [0.25, 0.3) is 0 Å². The molecule has 3 aromatic rings. The molecule has 176 valence electrons. The van der Waals surface area contributed by atoms with Crippen molar-refractivity contribution in [3.63, 3.8) is 0 Å². The predicted molar refractivity (Wildman–Crippen MR) is 132 cm³/mol. The summed E-state index contributed by atoms with van der Waals surface area (Å²) in [5, 5.41) is 10.4. The van der Waals surface area contributed by atoms with Crippen molar-refractivity contribution in [2.75, 3.05) is 37.7 Å². The van der Waals surface area contributed by atoms with Gasteiger partial charge in [0, 0.05) is 50.1 Å². The molecule has 1 unspecified atom stereocenters. The smallest absolute Gasteiger partial charge is 0.374 e. The molecular formula is C25H25Cl2N5O2. The van der Waals surface area contributed by atoms with Gasteiger partial charge in [-0.15, -0.1) is 0 Å². The van der Waals surface area contributed by atoms with Gasteiger partial charge in [0.1, 0.15) is 0 Å². The number of ether oxygens (including phenoxy) is 1. The topological polar surface area (TPSA) is 74.4 Å². The Labute approximate surface area is 209 Å². The van der Waals surface area contributed by atoms with Crippen molar-refractivity contribution >= 4 is 34.9 Å². The Hall–Kier alpha value is -3.05. The van der Waals surface area contributed by atoms with E-state index in [9.17, 15) is 10.1 Å². The van der Waals surface area contributed by atoms with Gasteiger partial charge >= 0.3 is 5.97 Å². The van der Waals surface area contributed by atoms with Crippen LogP contribution in [0.5, 0.6) is 0 Å². The number of nitriles is 1. The highest BCUT2D eigenvalue weighted by molar-refractivity contribution is 6.33. The Morgan fingerprint density at radius 3 is 2.68 bits per heavy atom. The molecule has 0 radical (unpaired) electrons. The second kappa shape index (κ2) is 10.9. The molecule has 0 bridgehead atoms. The van der Waals surface area contributed by atoms with Crippen LogP contribution in [-0.2, 0) is 11.3 Å². The van der Waals surface area contributed by atoms with E-state index in [1.165, 1.54) is 0 Å². The number of halogens is 2. The van der Waals surface area contributed by atoms with E-state index in [0.717, 1.165) is 37.4 Å². The lowest BCUT2D eigenvalue weighted by atomic mass is 10.0. The third kappa shape index (κ3) is 5.36. The van der Waals surface area contributed by atoms with E-state index >= 15 is 0 Å². The highest BCUT2D eigenvalue weighted by Crippen LogP contribution is 2.36. The normalized spacial score (nSPS) is 16.3. The summed E-state index contributed by atoms with van der Waals surface area (Å²) in [6.07, 6.45) is 3.42. The minimum atomic E-state index is -0.410. The van der Waals surface area contributed by atoms with Crippen LogP contribution in [0, 0.1) is 11.3 Å². The zero-order valence-electron chi connectivity index (χ0n) is 18.8. The Kier molecular flexibility index (Phi) is 7.73. The number of piperazine rings is 1. The van der Waals surface area contributed by atoms with Crippen LogP contribution in [0.15, 0.2) is 54.9 Å². The van der Waals surface area contributed by atoms with Crippen molar-refractivity contribution in [3.05, 3.63) is 81.9 Å². The molecule has 0 N–H and O–H groups in total. The molecule has 1 atom stereocenters. The lowest BCUT2D eigenvalue weighted by Gasteiger charge is -2.43. The second-order valence-electron chi connectivity index (χ2n) is 8.00. The number of carbonyl (C=O) groups is 1. The van der Waals surface area contributed by atoms with E-state index in [-0.39, 0.29) is 6.04 Å². The van der Waals surface area contributed by atoms with Crippen molar-refractivity contribution in [1.29, 1.82) is 5.26 Å². The standard InChI is InChI=1S/C25H25Cl2N5O2/c1-2-34-25(33)24-29-9-10-31(24)13-11-30-12-14-32(22-8-3-18(16-28)15-21(22)27)23(17-30)19-4-6-20(26)7-5-19/h3-10,15,23H,2,11-14,17H2,1H3. The van der Waals surface area contributed by atoms with Crippen LogP contribution in [0.2, 0.25) is 10.0 Å². The van der Waals surface area contributed by atoms with E-state index in [4.69, 9.17) is 27.9 Å². The molecule has 9 heteroatoms. The molecule has 0 aliphatic carbocycles. The SMILES string of the molecule is CCOC(=O)c1nccn1CCN1CCN(c2ccc(C#N)cc2Cl)C(c2ccc(Cl)cc2)C1. The number of rotatable bonds is 7. The molecular weight excluding hydrogens is 473 g/mol. The molecule has 0 saturated carbocycles. The third-order valence-electron chi connectivity index (χ3n) is 5.94. The fourth-order valence-corrected chi connectivity index (χ4v) is 4.65. The third-order valence-corrected chi connectivity index (χ3v) is 6.49. The monoisotopic (exact) mass is 497 g/mol. The zero-order valence-corrected chi connectivity index (χ0v) is 20.3. The fraction of sp³-hybridized carbons (Fsp3) is 0.320. The lowest BCUT2D eigenvalue weighted by molar-refractivity contribution is 0.0505. The maximum atomic E-state index is 12.2. The first-order chi connectivity index (χ1) is 16.5. The summed E-state index contributed by atoms with van der Waals surface area (Å²) in [5.74, 6) is -0.0917. The summed E-state index contributed by atoms with van der Waals surface area (Å²) in [6, 6.07) is 15.5. The highest BCUT2D eigenvalue weighted by atomic mass is 35.5. The highest BCUT2D eigenvalue weighted by Gasteiger charge is 2.30. The summed E-state index contributed by atoms with van der Waals surface area (Å²) in [4.78, 5) is 21.0. The van der Waals surface area contributed by atoms with Crippen LogP contribution >= 0.6 is 23.2 Å². The number of hydrogen-bond acceptors (Lipinski definition) is 6. The van der Waals surface area contributed by atoms with Crippen LogP contribution in [0.1, 0.15) is 34.7 Å². The Bertz CT molecular complexity index is 1190. The molecule has 1 saturated heterocycles. The van der Waals surface area contributed by atoms with E-state index in [0.29, 0.717) is 34.6 Å². The number of carbonyl (C=O) groups excluding carboxylic acids is 1. The molecule has 1 fully saturated rings. The van der Waals surface area contributed by atoms with Gasteiger partial charge in [-0.2, -0.15) is 5.26 Å². The van der Waals surface area contributed by atoms with E-state index in [1.807, 2.05) is 34.9 Å². The van der Waals surface area contributed by atoms with Gasteiger partial charge in [0.15, 0.2) is 0 Å². The Morgan fingerprint density at radius 1 is 1.18 bits per heavy atom. The van der Waals surface area contributed by atoms with Crippen LogP contribution in [0.4, 0.5) is 5.69 Å². The fourth-order valence-electron chi connectivity index (χ4n) is 4.23. The predicted octanol–water partition coefficient (Wildman–Crippen LogP) is 4.80. The van der Waals surface area contributed by atoms with E-state index in [1.54, 1.807) is 31.5 Å². The first-order valence-corrected chi connectivity index (χ1v) is 11.9. The summed E-state index contributed by atoms with van der Waals surface area (Å²) in [6.45, 7) is 5.82. The van der Waals surface area contributed by atoms with Gasteiger partial charge in [-0.3, -0.25) is 4.90 Å². The summed E-state index contributed by atoms with van der Waals surface area (Å²) in [5.41, 5.74) is 2.57. The minimum absolute atomic E-state index is 0.0452. The molecule has 1 aromatic heterocycles. The van der Waals surface area contributed by atoms with Gasteiger partial charge in [0.05, 0.1) is 35.0 Å². The molecule has 2 aromatic carbocycles. The van der Waals surface area contributed by atoms with Gasteiger partial charge in [-0.25, -0.2) is 9.78 Å². The van der Waals surface area contributed by atoms with Crippen molar-refractivity contribution in [2.45, 2.75) is 19.5 Å². The van der Waals surface area contributed by atoms with Gasteiger partial charge < -0.3 is 14.2 Å². The number of hydrogen-bond donors (Lipinski definition) is 0. The summed E-state index contributed by atoms with van der Waals surface area (Å²) >= 11 is 12.7. The van der Waals surface area contributed by atoms with Crippen LogP contribution < -0.4 is 4.90 Å². The molecule has 1 aliphatic heterocycles. The molecule has 34 heavy (non-hydrogen) atoms. The number of anilines is 1. The number of esters is 1. The van der Waals surface area contributed by atoms with Crippen molar-refractivity contribution in [3.8, 4) is 6.07 Å². The lowest BCUT2D eigenvalue weighted by Crippen LogP contribution is -2.49. The van der Waals surface area contributed by atoms with Crippen molar-refractivity contribution < 1.29 is 9.53 Å². The summed E-state index contributed by atoms with van der Waals surface area (Å²) in [7, 11) is 0. The first kappa shape index (κ1) is 24.1. The maximum Gasteiger partial charge on any atom is 0.374 e. The number of nitrogens with zero attached hydrogens (tertiary/aromatic N) is 5. The number of aromatic nitrogens is 2. The molecule has 0 spiro atoms. The molecule has 2 heterocycles. The molecule has 0 amide bonds. The first-order valence-electron chi connectivity index (χ1n) is 11.1. The van der Waals surface area contributed by atoms with Crippen LogP contribution in [-0.4, -0.2) is 53.2 Å².